The first-order valence-electron chi connectivity index (χ1n) is 6.13. The molecule has 96 valence electrons. The molecule has 0 aliphatic carbocycles. The van der Waals surface area contributed by atoms with E-state index in [-0.39, 0.29) is 0 Å². The van der Waals surface area contributed by atoms with Crippen LogP contribution >= 0.6 is 15.9 Å². The van der Waals surface area contributed by atoms with Crippen LogP contribution in [-0.2, 0) is 6.54 Å². The molecule has 0 saturated carbocycles. The van der Waals surface area contributed by atoms with Crippen molar-refractivity contribution in [1.29, 1.82) is 0 Å². The second kappa shape index (κ2) is 6.16. The summed E-state index contributed by atoms with van der Waals surface area (Å²) in [5, 5.41) is 3.52. The maximum atomic E-state index is 4.21. The first-order valence-corrected chi connectivity index (χ1v) is 6.92. The van der Waals surface area contributed by atoms with Crippen molar-refractivity contribution in [3.05, 3.63) is 52.5 Å². The first kappa shape index (κ1) is 13.3. The third-order valence-corrected chi connectivity index (χ3v) is 3.57. The highest BCUT2D eigenvalue weighted by atomic mass is 79.9. The van der Waals surface area contributed by atoms with Crippen molar-refractivity contribution in [1.82, 2.24) is 14.9 Å². The molecule has 0 aliphatic heterocycles. The molecule has 1 heterocycles. The number of hydrogen-bond acceptors (Lipinski definition) is 2. The molecule has 0 fully saturated rings. The number of halogens is 1. The fourth-order valence-electron chi connectivity index (χ4n) is 1.94. The van der Waals surface area contributed by atoms with E-state index in [0.29, 0.717) is 6.04 Å². The van der Waals surface area contributed by atoms with Crippen molar-refractivity contribution in [2.24, 2.45) is 0 Å². The average molecular weight is 308 g/mol. The molecule has 1 N–H and O–H groups in total. The zero-order valence-electron chi connectivity index (χ0n) is 10.7. The Morgan fingerprint density at radius 1 is 1.44 bits per heavy atom. The van der Waals surface area contributed by atoms with E-state index < -0.39 is 0 Å². The van der Waals surface area contributed by atoms with Crippen LogP contribution in [0.25, 0.3) is 0 Å². The van der Waals surface area contributed by atoms with Gasteiger partial charge in [0.25, 0.3) is 0 Å². The third kappa shape index (κ3) is 3.43. The lowest BCUT2D eigenvalue weighted by Gasteiger charge is -2.15. The zero-order chi connectivity index (χ0) is 13.0. The molecule has 1 atom stereocenters. The monoisotopic (exact) mass is 307 g/mol. The highest BCUT2D eigenvalue weighted by Crippen LogP contribution is 2.17. The summed E-state index contributed by atoms with van der Waals surface area (Å²) in [7, 11) is 0. The normalized spacial score (nSPS) is 12.6. The second-order valence-electron chi connectivity index (χ2n) is 4.40. The van der Waals surface area contributed by atoms with Crippen molar-refractivity contribution in [2.75, 3.05) is 6.54 Å². The lowest BCUT2D eigenvalue weighted by atomic mass is 10.1. The summed E-state index contributed by atoms with van der Waals surface area (Å²) >= 11 is 3.50. The van der Waals surface area contributed by atoms with Gasteiger partial charge in [-0.15, -0.1) is 0 Å². The predicted molar refractivity (Wildman–Crippen MR) is 77.5 cm³/mol. The highest BCUT2D eigenvalue weighted by molar-refractivity contribution is 9.10. The minimum Gasteiger partial charge on any atom is -0.334 e. The summed E-state index contributed by atoms with van der Waals surface area (Å²) < 4.78 is 3.28. The summed E-state index contributed by atoms with van der Waals surface area (Å²) in [6.07, 6.45) is 3.86. The van der Waals surface area contributed by atoms with E-state index in [1.165, 1.54) is 5.56 Å². The molecule has 0 aliphatic rings. The summed E-state index contributed by atoms with van der Waals surface area (Å²) in [6.45, 7) is 6.09. The molecule has 0 spiro atoms. The van der Waals surface area contributed by atoms with Crippen LogP contribution in [0, 0.1) is 6.92 Å². The summed E-state index contributed by atoms with van der Waals surface area (Å²) in [5.74, 6) is 1.06. The Kier molecular flexibility index (Phi) is 4.55. The van der Waals surface area contributed by atoms with Gasteiger partial charge in [0.2, 0.25) is 0 Å². The molecule has 0 radical (unpaired) electrons. The molecule has 3 nitrogen and oxygen atoms in total. The molecule has 18 heavy (non-hydrogen) atoms. The van der Waals surface area contributed by atoms with Crippen LogP contribution in [0.15, 0.2) is 41.1 Å². The van der Waals surface area contributed by atoms with Crippen LogP contribution in [-0.4, -0.2) is 16.1 Å². The molecule has 4 heteroatoms. The van der Waals surface area contributed by atoms with Crippen LogP contribution in [0.5, 0.6) is 0 Å². The van der Waals surface area contributed by atoms with Gasteiger partial charge in [-0.2, -0.15) is 0 Å². The van der Waals surface area contributed by atoms with Crippen molar-refractivity contribution in [2.45, 2.75) is 26.4 Å². The number of imidazole rings is 1. The van der Waals surface area contributed by atoms with E-state index in [2.05, 4.69) is 55.9 Å². The smallest absolute Gasteiger partial charge is 0.105 e. The summed E-state index contributed by atoms with van der Waals surface area (Å²) in [6, 6.07) is 8.76. The number of nitrogens with zero attached hydrogens (tertiary/aromatic N) is 2. The van der Waals surface area contributed by atoms with Crippen molar-refractivity contribution < 1.29 is 0 Å². The van der Waals surface area contributed by atoms with Crippen LogP contribution < -0.4 is 5.32 Å². The van der Waals surface area contributed by atoms with E-state index in [0.717, 1.165) is 23.4 Å². The van der Waals surface area contributed by atoms with E-state index in [1.54, 1.807) is 0 Å². The number of aryl methyl sites for hydroxylation is 1. The SMILES string of the molecule is Cc1nccn1CCN[C@H](C)c1cccc(Br)c1. The Labute approximate surface area is 116 Å². The van der Waals surface area contributed by atoms with E-state index in [1.807, 2.05) is 25.4 Å². The first-order chi connectivity index (χ1) is 8.66. The maximum absolute atomic E-state index is 4.21. The fraction of sp³-hybridized carbons (Fsp3) is 0.357. The molecular weight excluding hydrogens is 290 g/mol. The summed E-state index contributed by atoms with van der Waals surface area (Å²) in [5.41, 5.74) is 1.30. The van der Waals surface area contributed by atoms with Gasteiger partial charge in [0.1, 0.15) is 5.82 Å². The largest absolute Gasteiger partial charge is 0.334 e. The van der Waals surface area contributed by atoms with Gasteiger partial charge in [0.15, 0.2) is 0 Å². The highest BCUT2D eigenvalue weighted by Gasteiger charge is 2.05. The summed E-state index contributed by atoms with van der Waals surface area (Å²) in [4.78, 5) is 4.21. The minimum atomic E-state index is 0.353. The van der Waals surface area contributed by atoms with Gasteiger partial charge in [-0.05, 0) is 31.5 Å². The second-order valence-corrected chi connectivity index (χ2v) is 5.31. The standard InChI is InChI=1S/C14H18BrN3/c1-11(13-4-3-5-14(15)10-13)16-6-8-18-9-7-17-12(18)2/h3-5,7,9-11,16H,6,8H2,1-2H3/t11-/m1/s1. The Morgan fingerprint density at radius 2 is 2.28 bits per heavy atom. The van der Waals surface area contributed by atoms with Gasteiger partial charge in [-0.1, -0.05) is 28.1 Å². The molecule has 0 amide bonds. The Bertz CT molecular complexity index is 507. The van der Waals surface area contributed by atoms with Gasteiger partial charge >= 0.3 is 0 Å². The lowest BCUT2D eigenvalue weighted by Crippen LogP contribution is -2.23. The minimum absolute atomic E-state index is 0.353. The van der Waals surface area contributed by atoms with E-state index in [4.69, 9.17) is 0 Å². The van der Waals surface area contributed by atoms with E-state index >= 15 is 0 Å². The lowest BCUT2D eigenvalue weighted by molar-refractivity contribution is 0.526. The molecule has 2 aromatic rings. The maximum Gasteiger partial charge on any atom is 0.105 e. The number of hydrogen-bond donors (Lipinski definition) is 1. The van der Waals surface area contributed by atoms with Gasteiger partial charge < -0.3 is 9.88 Å². The Hall–Kier alpha value is -1.13. The van der Waals surface area contributed by atoms with Crippen molar-refractivity contribution in [3.63, 3.8) is 0 Å². The Morgan fingerprint density at radius 3 is 2.94 bits per heavy atom. The quantitative estimate of drug-likeness (QED) is 0.918. The van der Waals surface area contributed by atoms with Gasteiger partial charge in [0, 0.05) is 36.0 Å². The number of aromatic nitrogens is 2. The molecule has 0 unspecified atom stereocenters. The number of rotatable bonds is 5. The molecule has 2 rings (SSSR count). The molecule has 0 bridgehead atoms. The molecular formula is C14H18BrN3. The third-order valence-electron chi connectivity index (χ3n) is 3.08. The van der Waals surface area contributed by atoms with Gasteiger partial charge in [-0.25, -0.2) is 4.98 Å². The zero-order valence-corrected chi connectivity index (χ0v) is 12.3. The predicted octanol–water partition coefficient (Wildman–Crippen LogP) is 3.30. The molecule has 0 saturated heterocycles. The van der Waals surface area contributed by atoms with Crippen LogP contribution in [0.3, 0.4) is 0 Å². The van der Waals surface area contributed by atoms with Crippen LogP contribution in [0.4, 0.5) is 0 Å². The van der Waals surface area contributed by atoms with Crippen molar-refractivity contribution >= 4 is 15.9 Å². The Balaban J connectivity index is 1.85. The fourth-order valence-corrected chi connectivity index (χ4v) is 2.35. The van der Waals surface area contributed by atoms with Crippen LogP contribution in [0.2, 0.25) is 0 Å². The topological polar surface area (TPSA) is 29.9 Å². The molecule has 1 aromatic heterocycles. The van der Waals surface area contributed by atoms with Crippen LogP contribution in [0.1, 0.15) is 24.4 Å². The number of benzene rings is 1. The molecule has 1 aromatic carbocycles. The van der Waals surface area contributed by atoms with Gasteiger partial charge in [-0.3, -0.25) is 0 Å². The van der Waals surface area contributed by atoms with Crippen molar-refractivity contribution in [3.8, 4) is 0 Å². The average Bonchev–Trinajstić information content (AvgIpc) is 2.75. The number of nitrogens with one attached hydrogen (secondary N) is 1. The van der Waals surface area contributed by atoms with Gasteiger partial charge in [0.05, 0.1) is 0 Å². The van der Waals surface area contributed by atoms with E-state index in [9.17, 15) is 0 Å².